The summed E-state index contributed by atoms with van der Waals surface area (Å²) < 4.78 is 0. The summed E-state index contributed by atoms with van der Waals surface area (Å²) in [6, 6.07) is 19.0. The summed E-state index contributed by atoms with van der Waals surface area (Å²) in [7, 11) is 1.80. The average Bonchev–Trinajstić information content (AvgIpc) is 2.74. The second kappa shape index (κ2) is 10.5. The molecule has 5 heteroatoms. The number of nitrogens with zero attached hydrogens (tertiary/aromatic N) is 1. The van der Waals surface area contributed by atoms with Crippen molar-refractivity contribution in [3.05, 3.63) is 94.0 Å². The highest BCUT2D eigenvalue weighted by Gasteiger charge is 2.27. The number of aryl methyl sites for hydroxylation is 5. The molecule has 0 aliphatic heterocycles. The Hall–Kier alpha value is -3.44. The summed E-state index contributed by atoms with van der Waals surface area (Å²) in [4.78, 5) is 28.1. The molecule has 2 N–H and O–H groups in total. The third-order valence-corrected chi connectivity index (χ3v) is 5.79. The molecule has 0 bridgehead atoms. The molecule has 3 rings (SSSR count). The number of likely N-dealkylation sites (N-methyl/N-ethyl adjacent to an activating group) is 1. The summed E-state index contributed by atoms with van der Waals surface area (Å²) in [6.07, 6.45) is 0. The van der Waals surface area contributed by atoms with Crippen molar-refractivity contribution in [2.75, 3.05) is 24.2 Å². The van der Waals surface area contributed by atoms with Crippen molar-refractivity contribution >= 4 is 23.2 Å². The smallest absolute Gasteiger partial charge is 0.246 e. The third-order valence-electron chi connectivity index (χ3n) is 5.79. The molecule has 2 amide bonds. The monoisotopic (exact) mass is 443 g/mol. The van der Waals surface area contributed by atoms with Crippen LogP contribution in [0.3, 0.4) is 0 Å². The maximum atomic E-state index is 13.4. The molecule has 1 unspecified atom stereocenters. The highest BCUT2D eigenvalue weighted by molar-refractivity contribution is 5.98. The van der Waals surface area contributed by atoms with Crippen molar-refractivity contribution in [1.82, 2.24) is 4.90 Å². The Morgan fingerprint density at radius 3 is 2.06 bits per heavy atom. The van der Waals surface area contributed by atoms with Gasteiger partial charge in [-0.25, -0.2) is 0 Å². The predicted molar refractivity (Wildman–Crippen MR) is 136 cm³/mol. The number of hydrogen-bond acceptors (Lipinski definition) is 3. The van der Waals surface area contributed by atoms with E-state index < -0.39 is 6.04 Å². The van der Waals surface area contributed by atoms with E-state index in [-0.39, 0.29) is 18.4 Å². The highest BCUT2D eigenvalue weighted by atomic mass is 16.2. The Morgan fingerprint density at radius 1 is 0.788 bits per heavy atom. The van der Waals surface area contributed by atoms with Crippen LogP contribution in [0.1, 0.15) is 39.4 Å². The molecule has 0 aliphatic carbocycles. The van der Waals surface area contributed by atoms with Crippen LogP contribution in [-0.2, 0) is 9.59 Å². The third kappa shape index (κ3) is 6.08. The fraction of sp³-hybridized carbons (Fsp3) is 0.286. The maximum absolute atomic E-state index is 13.4. The lowest BCUT2D eigenvalue weighted by Crippen LogP contribution is -2.39. The summed E-state index contributed by atoms with van der Waals surface area (Å²) in [5.41, 5.74) is 7.72. The van der Waals surface area contributed by atoms with Crippen molar-refractivity contribution in [2.24, 2.45) is 0 Å². The number of anilines is 2. The van der Waals surface area contributed by atoms with Crippen LogP contribution in [0, 0.1) is 34.6 Å². The standard InChI is InChI=1S/C28H33N3O2/c1-18-12-13-20(3)24(16-18)29-28(33)27(23-10-8-7-9-11-23)31(6)17-25(32)30-26-21(4)14-19(2)15-22(26)5/h7-16,27H,17H2,1-6H3,(H,29,33)(H,30,32). The number of carbonyl (C=O) groups is 2. The SMILES string of the molecule is Cc1cc(C)c(NC(=O)CN(C)C(C(=O)Nc2cc(C)ccc2C)c2ccccc2)c(C)c1. The zero-order valence-corrected chi connectivity index (χ0v) is 20.3. The Labute approximate surface area is 196 Å². The minimum Gasteiger partial charge on any atom is -0.324 e. The van der Waals surface area contributed by atoms with Gasteiger partial charge in [-0.05, 0) is 75.5 Å². The summed E-state index contributed by atoms with van der Waals surface area (Å²) >= 11 is 0. The average molecular weight is 444 g/mol. The largest absolute Gasteiger partial charge is 0.324 e. The molecule has 33 heavy (non-hydrogen) atoms. The Bertz CT molecular complexity index is 1130. The van der Waals surface area contributed by atoms with Crippen LogP contribution in [0.15, 0.2) is 60.7 Å². The molecular weight excluding hydrogens is 410 g/mol. The minimum atomic E-state index is -0.614. The number of carbonyl (C=O) groups excluding carboxylic acids is 2. The fourth-order valence-electron chi connectivity index (χ4n) is 4.19. The van der Waals surface area contributed by atoms with E-state index in [4.69, 9.17) is 0 Å². The van der Waals surface area contributed by atoms with E-state index in [1.54, 1.807) is 11.9 Å². The van der Waals surface area contributed by atoms with Crippen LogP contribution >= 0.6 is 0 Å². The van der Waals surface area contributed by atoms with E-state index in [1.807, 2.05) is 83.1 Å². The second-order valence-electron chi connectivity index (χ2n) is 8.86. The minimum absolute atomic E-state index is 0.0759. The second-order valence-corrected chi connectivity index (χ2v) is 8.86. The van der Waals surface area contributed by atoms with Crippen molar-refractivity contribution in [2.45, 2.75) is 40.7 Å². The molecule has 0 spiro atoms. The van der Waals surface area contributed by atoms with Crippen molar-refractivity contribution in [1.29, 1.82) is 0 Å². The van der Waals surface area contributed by atoms with Gasteiger partial charge in [-0.1, -0.05) is 60.2 Å². The molecule has 0 aromatic heterocycles. The van der Waals surface area contributed by atoms with Crippen LogP contribution in [0.5, 0.6) is 0 Å². The first-order valence-electron chi connectivity index (χ1n) is 11.2. The van der Waals surface area contributed by atoms with E-state index in [9.17, 15) is 9.59 Å². The first-order valence-corrected chi connectivity index (χ1v) is 11.2. The van der Waals surface area contributed by atoms with Crippen molar-refractivity contribution < 1.29 is 9.59 Å². The molecule has 1 atom stereocenters. The van der Waals surface area contributed by atoms with Gasteiger partial charge in [-0.2, -0.15) is 0 Å². The van der Waals surface area contributed by atoms with Crippen molar-refractivity contribution in [3.8, 4) is 0 Å². The van der Waals surface area contributed by atoms with E-state index in [1.165, 1.54) is 0 Å². The van der Waals surface area contributed by atoms with Gasteiger partial charge in [0, 0.05) is 11.4 Å². The van der Waals surface area contributed by atoms with Gasteiger partial charge >= 0.3 is 0 Å². The quantitative estimate of drug-likeness (QED) is 0.508. The van der Waals surface area contributed by atoms with Crippen LogP contribution in [0.4, 0.5) is 11.4 Å². The van der Waals surface area contributed by atoms with Gasteiger partial charge in [0.1, 0.15) is 6.04 Å². The number of benzene rings is 3. The van der Waals surface area contributed by atoms with Gasteiger partial charge in [-0.15, -0.1) is 0 Å². The van der Waals surface area contributed by atoms with E-state index in [0.717, 1.165) is 44.8 Å². The van der Waals surface area contributed by atoms with Gasteiger partial charge < -0.3 is 10.6 Å². The lowest BCUT2D eigenvalue weighted by Gasteiger charge is -2.27. The Morgan fingerprint density at radius 2 is 1.42 bits per heavy atom. The van der Waals surface area contributed by atoms with Gasteiger partial charge in [0.2, 0.25) is 11.8 Å². The fourth-order valence-corrected chi connectivity index (χ4v) is 4.19. The molecule has 3 aromatic carbocycles. The molecule has 0 saturated carbocycles. The topological polar surface area (TPSA) is 61.4 Å². The molecule has 0 radical (unpaired) electrons. The van der Waals surface area contributed by atoms with Gasteiger partial charge in [-0.3, -0.25) is 14.5 Å². The van der Waals surface area contributed by atoms with Crippen LogP contribution in [-0.4, -0.2) is 30.3 Å². The molecule has 5 nitrogen and oxygen atoms in total. The first-order chi connectivity index (χ1) is 15.7. The molecule has 0 fully saturated rings. The molecule has 0 heterocycles. The Kier molecular flexibility index (Phi) is 7.67. The molecule has 172 valence electrons. The maximum Gasteiger partial charge on any atom is 0.246 e. The van der Waals surface area contributed by atoms with Gasteiger partial charge in [0.25, 0.3) is 0 Å². The lowest BCUT2D eigenvalue weighted by molar-refractivity contribution is -0.123. The molecule has 0 aliphatic rings. The number of nitrogens with one attached hydrogen (secondary N) is 2. The summed E-state index contributed by atoms with van der Waals surface area (Å²) in [6.45, 7) is 10.1. The summed E-state index contributed by atoms with van der Waals surface area (Å²) in [5.74, 6) is -0.332. The number of rotatable bonds is 7. The predicted octanol–water partition coefficient (Wildman–Crippen LogP) is 5.48. The van der Waals surface area contributed by atoms with Crippen LogP contribution < -0.4 is 10.6 Å². The van der Waals surface area contributed by atoms with E-state index in [2.05, 4.69) is 22.8 Å². The van der Waals surface area contributed by atoms with Crippen LogP contribution in [0.2, 0.25) is 0 Å². The summed E-state index contributed by atoms with van der Waals surface area (Å²) in [5, 5.41) is 6.10. The first kappa shape index (κ1) is 24.2. The van der Waals surface area contributed by atoms with Gasteiger partial charge in [0.15, 0.2) is 0 Å². The zero-order chi connectivity index (χ0) is 24.1. The number of amides is 2. The molecule has 3 aromatic rings. The Balaban J connectivity index is 1.81. The lowest BCUT2D eigenvalue weighted by atomic mass is 10.0. The van der Waals surface area contributed by atoms with E-state index in [0.29, 0.717) is 0 Å². The van der Waals surface area contributed by atoms with Gasteiger partial charge in [0.05, 0.1) is 6.54 Å². The van der Waals surface area contributed by atoms with Crippen molar-refractivity contribution in [3.63, 3.8) is 0 Å². The zero-order valence-electron chi connectivity index (χ0n) is 20.3. The number of hydrogen-bond donors (Lipinski definition) is 2. The molecule has 0 saturated heterocycles. The molecular formula is C28H33N3O2. The van der Waals surface area contributed by atoms with E-state index >= 15 is 0 Å². The normalized spacial score (nSPS) is 11.8. The highest BCUT2D eigenvalue weighted by Crippen LogP contribution is 2.25. The van der Waals surface area contributed by atoms with Crippen LogP contribution in [0.25, 0.3) is 0 Å².